The second-order valence-corrected chi connectivity index (χ2v) is 8.40. The Labute approximate surface area is 159 Å². The molecular formula is C17H19FN3O6P. The van der Waals surface area contributed by atoms with Crippen LogP contribution in [0, 0.1) is 11.8 Å². The van der Waals surface area contributed by atoms with Crippen molar-refractivity contribution in [1.82, 2.24) is 14.9 Å². The minimum atomic E-state index is -4.27. The second kappa shape index (κ2) is 7.83. The highest BCUT2D eigenvalue weighted by Crippen LogP contribution is 2.38. The van der Waals surface area contributed by atoms with Crippen molar-refractivity contribution in [1.29, 1.82) is 0 Å². The van der Waals surface area contributed by atoms with Crippen LogP contribution in [0.5, 0.6) is 5.75 Å². The molecule has 1 aromatic heterocycles. The smallest absolute Gasteiger partial charge is 0.326 e. The molecule has 2 aliphatic rings. The highest BCUT2D eigenvalue weighted by atomic mass is 31.2. The van der Waals surface area contributed by atoms with Crippen molar-refractivity contribution in [2.24, 2.45) is 11.8 Å². The van der Waals surface area contributed by atoms with Gasteiger partial charge in [-0.3, -0.25) is 18.7 Å². The highest BCUT2D eigenvalue weighted by Gasteiger charge is 2.27. The van der Waals surface area contributed by atoms with Crippen LogP contribution in [-0.4, -0.2) is 43.1 Å². The molecule has 150 valence electrons. The van der Waals surface area contributed by atoms with Gasteiger partial charge in [0.25, 0.3) is 11.5 Å². The number of aromatic nitrogens is 2. The Morgan fingerprint density at radius 3 is 2.68 bits per heavy atom. The molecule has 1 aromatic rings. The third-order valence-corrected chi connectivity index (χ3v) is 5.41. The first-order chi connectivity index (χ1) is 13.1. The Morgan fingerprint density at radius 1 is 1.32 bits per heavy atom. The molecule has 0 saturated carbocycles. The summed E-state index contributed by atoms with van der Waals surface area (Å²) in [5.41, 5.74) is -1.30. The Kier molecular flexibility index (Phi) is 5.64. The molecular weight excluding hydrogens is 392 g/mol. The fourth-order valence-corrected chi connectivity index (χ4v) is 3.91. The lowest BCUT2D eigenvalue weighted by atomic mass is 10.0. The van der Waals surface area contributed by atoms with E-state index in [1.165, 1.54) is 24.3 Å². The van der Waals surface area contributed by atoms with Gasteiger partial charge in [-0.25, -0.2) is 9.37 Å². The van der Waals surface area contributed by atoms with E-state index < -0.39 is 42.6 Å². The minimum absolute atomic E-state index is 0.0665. The molecule has 0 saturated heterocycles. The molecule has 0 aromatic carbocycles. The van der Waals surface area contributed by atoms with Crippen LogP contribution in [0.2, 0.25) is 0 Å². The number of halogens is 1. The minimum Gasteiger partial charge on any atom is -0.501 e. The van der Waals surface area contributed by atoms with Crippen molar-refractivity contribution >= 4 is 19.6 Å². The number of carbonyl (C=O) groups is 1. The largest absolute Gasteiger partial charge is 0.501 e. The maximum absolute atomic E-state index is 13.0. The van der Waals surface area contributed by atoms with Crippen LogP contribution in [0.15, 0.2) is 34.9 Å². The first-order valence-corrected chi connectivity index (χ1v) is 10.3. The summed E-state index contributed by atoms with van der Waals surface area (Å²) in [4.78, 5) is 46.9. The molecule has 0 spiro atoms. The van der Waals surface area contributed by atoms with Gasteiger partial charge in [0.05, 0.1) is 6.16 Å². The average molecular weight is 411 g/mol. The molecule has 28 heavy (non-hydrogen) atoms. The van der Waals surface area contributed by atoms with Crippen LogP contribution in [0.3, 0.4) is 0 Å². The number of amides is 1. The van der Waals surface area contributed by atoms with Crippen molar-refractivity contribution in [3.63, 3.8) is 0 Å². The van der Waals surface area contributed by atoms with Crippen LogP contribution in [0.4, 0.5) is 4.39 Å². The van der Waals surface area contributed by atoms with Crippen LogP contribution in [0.1, 0.15) is 22.7 Å². The molecule has 3 rings (SSSR count). The van der Waals surface area contributed by atoms with Crippen LogP contribution >= 0.6 is 7.60 Å². The number of rotatable bonds is 5. The van der Waals surface area contributed by atoms with Crippen molar-refractivity contribution in [3.8, 4) is 5.75 Å². The molecule has 1 aliphatic heterocycles. The second-order valence-electron chi connectivity index (χ2n) is 6.70. The summed E-state index contributed by atoms with van der Waals surface area (Å²) in [6.07, 6.45) is 7.19. The van der Waals surface area contributed by atoms with Gasteiger partial charge < -0.3 is 20.2 Å². The molecule has 2 unspecified atom stereocenters. The fourth-order valence-electron chi connectivity index (χ4n) is 3.06. The van der Waals surface area contributed by atoms with E-state index in [1.54, 1.807) is 6.08 Å². The lowest BCUT2D eigenvalue weighted by Crippen LogP contribution is -2.35. The molecule has 0 fully saturated rings. The molecule has 2 atom stereocenters. The van der Waals surface area contributed by atoms with E-state index in [-0.39, 0.29) is 30.7 Å². The number of carbonyl (C=O) groups excluding carboxylic acids is 1. The first-order valence-electron chi connectivity index (χ1n) is 8.52. The zero-order chi connectivity index (χ0) is 20.5. The SMILES string of the molecule is O=C(NCC1C=CC(F)=CC1)c1nc2n(c(=O)c1O)CC(CP(=O)(O)O)C=C2. The molecule has 1 amide bonds. The standard InChI is InChI=1S/C17H19FN3O6P/c18-12-4-1-10(2-5-12)7-19-16(23)14-15(22)17(24)21-8-11(9-28(25,26)27)3-6-13(21)20-14/h1,3-6,10-11,22H,2,7-9H2,(H,19,23)(H2,25,26,27). The van der Waals surface area contributed by atoms with Crippen molar-refractivity contribution in [2.75, 3.05) is 12.7 Å². The summed E-state index contributed by atoms with van der Waals surface area (Å²) in [6, 6.07) is 0. The van der Waals surface area contributed by atoms with E-state index in [0.29, 0.717) is 6.42 Å². The topological polar surface area (TPSA) is 142 Å². The van der Waals surface area contributed by atoms with Crippen molar-refractivity contribution in [2.45, 2.75) is 13.0 Å². The maximum Gasteiger partial charge on any atom is 0.326 e. The van der Waals surface area contributed by atoms with Crippen LogP contribution < -0.4 is 10.9 Å². The zero-order valence-electron chi connectivity index (χ0n) is 14.7. The van der Waals surface area contributed by atoms with E-state index in [2.05, 4.69) is 10.3 Å². The number of hydrogen-bond acceptors (Lipinski definition) is 5. The van der Waals surface area contributed by atoms with Gasteiger partial charge in [-0.05, 0) is 30.6 Å². The molecule has 2 heterocycles. The Morgan fingerprint density at radius 2 is 2.04 bits per heavy atom. The number of aromatic hydroxyl groups is 1. The molecule has 1 aliphatic carbocycles. The van der Waals surface area contributed by atoms with Gasteiger partial charge in [0, 0.05) is 19.0 Å². The lowest BCUT2D eigenvalue weighted by molar-refractivity contribution is 0.0940. The van der Waals surface area contributed by atoms with Gasteiger partial charge >= 0.3 is 7.60 Å². The first kappa shape index (κ1) is 20.2. The van der Waals surface area contributed by atoms with Gasteiger partial charge in [0.1, 0.15) is 11.7 Å². The Balaban J connectivity index is 1.75. The predicted molar refractivity (Wildman–Crippen MR) is 98.4 cm³/mol. The Bertz CT molecular complexity index is 993. The summed E-state index contributed by atoms with van der Waals surface area (Å²) >= 11 is 0. The van der Waals surface area contributed by atoms with E-state index in [1.807, 2.05) is 0 Å². The summed E-state index contributed by atoms with van der Waals surface area (Å²) < 4.78 is 25.2. The quantitative estimate of drug-likeness (QED) is 0.528. The van der Waals surface area contributed by atoms with Gasteiger partial charge in [0.2, 0.25) is 5.75 Å². The number of nitrogens with one attached hydrogen (secondary N) is 1. The van der Waals surface area contributed by atoms with E-state index in [0.717, 1.165) is 4.57 Å². The Hall–Kier alpha value is -2.55. The molecule has 0 bridgehead atoms. The number of fused-ring (bicyclic) bond motifs is 1. The van der Waals surface area contributed by atoms with Gasteiger partial charge in [0.15, 0.2) is 5.69 Å². The van der Waals surface area contributed by atoms with Gasteiger partial charge in [-0.1, -0.05) is 12.2 Å². The van der Waals surface area contributed by atoms with E-state index in [4.69, 9.17) is 9.79 Å². The normalized spacial score (nSPS) is 21.2. The summed E-state index contributed by atoms with van der Waals surface area (Å²) in [5.74, 6) is -2.52. The number of nitrogens with zero attached hydrogens (tertiary/aromatic N) is 2. The fraction of sp³-hybridized carbons (Fsp3) is 0.353. The summed E-state index contributed by atoms with van der Waals surface area (Å²) in [6.45, 7) is 0.113. The third kappa shape index (κ3) is 4.64. The molecule has 11 heteroatoms. The van der Waals surface area contributed by atoms with Gasteiger partial charge in [-0.2, -0.15) is 0 Å². The van der Waals surface area contributed by atoms with E-state index >= 15 is 0 Å². The lowest BCUT2D eigenvalue weighted by Gasteiger charge is -2.22. The predicted octanol–water partition coefficient (Wildman–Crippen LogP) is 0.929. The number of allylic oxidation sites excluding steroid dienone is 4. The monoisotopic (exact) mass is 411 g/mol. The van der Waals surface area contributed by atoms with Crippen LogP contribution in [-0.2, 0) is 11.1 Å². The van der Waals surface area contributed by atoms with Crippen molar-refractivity contribution in [3.05, 3.63) is 52.0 Å². The van der Waals surface area contributed by atoms with Crippen LogP contribution in [0.25, 0.3) is 6.08 Å². The zero-order valence-corrected chi connectivity index (χ0v) is 15.6. The summed E-state index contributed by atoms with van der Waals surface area (Å²) in [7, 11) is -4.27. The molecule has 9 nitrogen and oxygen atoms in total. The van der Waals surface area contributed by atoms with Crippen molar-refractivity contribution < 1.29 is 28.6 Å². The van der Waals surface area contributed by atoms with Gasteiger partial charge in [-0.15, -0.1) is 0 Å². The van der Waals surface area contributed by atoms with E-state index in [9.17, 15) is 23.7 Å². The molecule has 0 radical (unpaired) electrons. The number of hydrogen-bond donors (Lipinski definition) is 4. The highest BCUT2D eigenvalue weighted by molar-refractivity contribution is 7.51. The third-order valence-electron chi connectivity index (χ3n) is 4.46. The maximum atomic E-state index is 13.0. The summed E-state index contributed by atoms with van der Waals surface area (Å²) in [5, 5.41) is 12.7. The average Bonchev–Trinajstić information content (AvgIpc) is 2.63. The molecule has 4 N–H and O–H groups in total.